The molecule has 0 atom stereocenters. The van der Waals surface area contributed by atoms with Crippen molar-refractivity contribution in [1.82, 2.24) is 4.98 Å². The summed E-state index contributed by atoms with van der Waals surface area (Å²) < 4.78 is 28.9. The number of hydrogen-bond acceptors (Lipinski definition) is 4. The number of ether oxygens (including phenoxy) is 1. The number of carbonyl (C=O) groups excluding carboxylic acids is 1. The lowest BCUT2D eigenvalue weighted by Gasteiger charge is -2.11. The smallest absolute Gasteiger partial charge is 0.387 e. The number of anilines is 1. The molecular formula is C14H14F2N2O2S. The number of alkyl halides is 2. The molecule has 1 heterocycles. The summed E-state index contributed by atoms with van der Waals surface area (Å²) >= 11 is 1.54. The predicted octanol–water partition coefficient (Wildman–Crippen LogP) is 3.71. The number of thiazole rings is 1. The van der Waals surface area contributed by atoms with E-state index in [2.05, 4.69) is 15.0 Å². The lowest BCUT2D eigenvalue weighted by Crippen LogP contribution is -2.13. The monoisotopic (exact) mass is 312 g/mol. The average molecular weight is 312 g/mol. The van der Waals surface area contributed by atoms with Gasteiger partial charge in [0.15, 0.2) is 0 Å². The molecule has 0 aliphatic heterocycles. The fourth-order valence-corrected chi connectivity index (χ4v) is 2.42. The zero-order chi connectivity index (χ0) is 15.1. The SMILES string of the molecule is O=C(CCCc1nccs1)Nc1ccccc1OC(F)F. The van der Waals surface area contributed by atoms with Crippen molar-refractivity contribution in [3.05, 3.63) is 40.8 Å². The maximum Gasteiger partial charge on any atom is 0.387 e. The van der Waals surface area contributed by atoms with E-state index in [0.717, 1.165) is 11.4 Å². The van der Waals surface area contributed by atoms with Crippen molar-refractivity contribution >= 4 is 22.9 Å². The standard InChI is InChI=1S/C14H14F2N2O2S/c15-14(16)20-11-5-2-1-4-10(11)18-12(19)6-3-7-13-17-8-9-21-13/h1-2,4-5,8-9,14H,3,6-7H2,(H,18,19). The van der Waals surface area contributed by atoms with Crippen molar-refractivity contribution < 1.29 is 18.3 Å². The Labute approximate surface area is 124 Å². The number of amides is 1. The van der Waals surface area contributed by atoms with Gasteiger partial charge in [0.2, 0.25) is 5.91 Å². The molecule has 4 nitrogen and oxygen atoms in total. The van der Waals surface area contributed by atoms with E-state index in [9.17, 15) is 13.6 Å². The van der Waals surface area contributed by atoms with Crippen LogP contribution in [0.5, 0.6) is 5.75 Å². The Morgan fingerprint density at radius 2 is 2.19 bits per heavy atom. The van der Waals surface area contributed by atoms with Crippen molar-refractivity contribution in [2.75, 3.05) is 5.32 Å². The summed E-state index contributed by atoms with van der Waals surface area (Å²) in [4.78, 5) is 15.9. The molecule has 1 N–H and O–H groups in total. The Hall–Kier alpha value is -2.02. The molecule has 0 bridgehead atoms. The van der Waals surface area contributed by atoms with Gasteiger partial charge in [-0.25, -0.2) is 4.98 Å². The van der Waals surface area contributed by atoms with Crippen LogP contribution >= 0.6 is 11.3 Å². The number of halogens is 2. The second-order valence-corrected chi connectivity index (χ2v) is 5.18. The molecule has 0 radical (unpaired) electrons. The van der Waals surface area contributed by atoms with Crippen LogP contribution in [0.4, 0.5) is 14.5 Å². The number of para-hydroxylation sites is 2. The molecule has 2 rings (SSSR count). The van der Waals surface area contributed by atoms with Gasteiger partial charge in [0.05, 0.1) is 10.7 Å². The fourth-order valence-electron chi connectivity index (χ4n) is 1.76. The minimum atomic E-state index is -2.92. The topological polar surface area (TPSA) is 51.2 Å². The maximum atomic E-state index is 12.3. The van der Waals surface area contributed by atoms with Crippen molar-refractivity contribution in [3.8, 4) is 5.75 Å². The van der Waals surface area contributed by atoms with Gasteiger partial charge >= 0.3 is 6.61 Å². The first-order chi connectivity index (χ1) is 10.1. The van der Waals surface area contributed by atoms with Crippen LogP contribution in [0.3, 0.4) is 0 Å². The summed E-state index contributed by atoms with van der Waals surface area (Å²) in [5, 5.41) is 5.44. The number of aryl methyl sites for hydroxylation is 1. The Morgan fingerprint density at radius 3 is 2.90 bits per heavy atom. The molecule has 1 amide bonds. The van der Waals surface area contributed by atoms with Crippen molar-refractivity contribution in [1.29, 1.82) is 0 Å². The second kappa shape index (κ2) is 7.68. The second-order valence-electron chi connectivity index (χ2n) is 4.20. The molecule has 0 aliphatic rings. The van der Waals surface area contributed by atoms with Crippen LogP contribution in [0.1, 0.15) is 17.8 Å². The Kier molecular flexibility index (Phi) is 5.62. The predicted molar refractivity (Wildman–Crippen MR) is 76.8 cm³/mol. The van der Waals surface area contributed by atoms with E-state index in [1.165, 1.54) is 12.1 Å². The third kappa shape index (κ3) is 5.11. The Bertz CT molecular complexity index is 576. The Balaban J connectivity index is 1.84. The maximum absolute atomic E-state index is 12.3. The van der Waals surface area contributed by atoms with Gasteiger partial charge < -0.3 is 10.1 Å². The number of aromatic nitrogens is 1. The molecule has 0 saturated carbocycles. The van der Waals surface area contributed by atoms with Gasteiger partial charge in [0.1, 0.15) is 5.75 Å². The molecule has 0 unspecified atom stereocenters. The Morgan fingerprint density at radius 1 is 1.38 bits per heavy atom. The van der Waals surface area contributed by atoms with Gasteiger partial charge in [-0.15, -0.1) is 11.3 Å². The third-order valence-corrected chi connectivity index (χ3v) is 3.49. The van der Waals surface area contributed by atoms with Gasteiger partial charge in [-0.05, 0) is 25.0 Å². The molecule has 0 spiro atoms. The summed E-state index contributed by atoms with van der Waals surface area (Å²) in [6.45, 7) is -2.92. The van der Waals surface area contributed by atoms with Crippen LogP contribution in [-0.2, 0) is 11.2 Å². The number of carbonyl (C=O) groups is 1. The lowest BCUT2D eigenvalue weighted by molar-refractivity contribution is -0.116. The van der Waals surface area contributed by atoms with Crippen LogP contribution in [0.15, 0.2) is 35.8 Å². The number of benzene rings is 1. The first-order valence-electron chi connectivity index (χ1n) is 6.37. The van der Waals surface area contributed by atoms with Crippen molar-refractivity contribution in [2.24, 2.45) is 0 Å². The summed E-state index contributed by atoms with van der Waals surface area (Å²) in [5.41, 5.74) is 0.247. The molecule has 0 fully saturated rings. The van der Waals surface area contributed by atoms with Crippen LogP contribution in [-0.4, -0.2) is 17.5 Å². The summed E-state index contributed by atoms with van der Waals surface area (Å²) in [6, 6.07) is 6.12. The molecule has 112 valence electrons. The quantitative estimate of drug-likeness (QED) is 0.848. The number of nitrogens with zero attached hydrogens (tertiary/aromatic N) is 1. The van der Waals surface area contributed by atoms with Crippen LogP contribution in [0.2, 0.25) is 0 Å². The number of rotatable bonds is 7. The molecule has 0 aliphatic carbocycles. The molecule has 1 aromatic heterocycles. The third-order valence-electron chi connectivity index (χ3n) is 2.66. The zero-order valence-electron chi connectivity index (χ0n) is 11.1. The van der Waals surface area contributed by atoms with Crippen molar-refractivity contribution in [2.45, 2.75) is 25.9 Å². The van der Waals surface area contributed by atoms with Crippen molar-refractivity contribution in [3.63, 3.8) is 0 Å². The zero-order valence-corrected chi connectivity index (χ0v) is 11.9. The lowest BCUT2D eigenvalue weighted by atomic mass is 10.2. The summed E-state index contributed by atoms with van der Waals surface area (Å²) in [5.74, 6) is -0.280. The molecule has 1 aromatic carbocycles. The first kappa shape index (κ1) is 15.4. The van der Waals surface area contributed by atoms with E-state index >= 15 is 0 Å². The van der Waals surface area contributed by atoms with E-state index in [1.54, 1.807) is 29.7 Å². The fraction of sp³-hybridized carbons (Fsp3) is 0.286. The molecule has 7 heteroatoms. The molecule has 21 heavy (non-hydrogen) atoms. The molecular weight excluding hydrogens is 298 g/mol. The highest BCUT2D eigenvalue weighted by Gasteiger charge is 2.11. The molecule has 2 aromatic rings. The number of nitrogens with one attached hydrogen (secondary N) is 1. The van der Waals surface area contributed by atoms with Crippen LogP contribution in [0, 0.1) is 0 Å². The number of hydrogen-bond donors (Lipinski definition) is 1. The molecule has 0 saturated heterocycles. The van der Waals surface area contributed by atoms with Gasteiger partial charge in [-0.2, -0.15) is 8.78 Å². The highest BCUT2D eigenvalue weighted by Crippen LogP contribution is 2.25. The van der Waals surface area contributed by atoms with E-state index in [-0.39, 0.29) is 17.3 Å². The minimum Gasteiger partial charge on any atom is -0.433 e. The van der Waals surface area contributed by atoms with E-state index in [0.29, 0.717) is 12.8 Å². The van der Waals surface area contributed by atoms with Crippen LogP contribution < -0.4 is 10.1 Å². The van der Waals surface area contributed by atoms with E-state index in [1.807, 2.05) is 5.38 Å². The van der Waals surface area contributed by atoms with Gasteiger partial charge in [-0.1, -0.05) is 12.1 Å². The van der Waals surface area contributed by atoms with Gasteiger partial charge in [0, 0.05) is 18.0 Å². The largest absolute Gasteiger partial charge is 0.433 e. The van der Waals surface area contributed by atoms with Gasteiger partial charge in [-0.3, -0.25) is 4.79 Å². The summed E-state index contributed by atoms with van der Waals surface area (Å²) in [7, 11) is 0. The van der Waals surface area contributed by atoms with Gasteiger partial charge in [0.25, 0.3) is 0 Å². The highest BCUT2D eigenvalue weighted by atomic mass is 32.1. The highest BCUT2D eigenvalue weighted by molar-refractivity contribution is 7.09. The minimum absolute atomic E-state index is 0.0410. The van der Waals surface area contributed by atoms with Crippen LogP contribution in [0.25, 0.3) is 0 Å². The van der Waals surface area contributed by atoms with E-state index in [4.69, 9.17) is 0 Å². The van der Waals surface area contributed by atoms with E-state index < -0.39 is 6.61 Å². The first-order valence-corrected chi connectivity index (χ1v) is 7.25. The summed E-state index contributed by atoms with van der Waals surface area (Å²) in [6.07, 6.45) is 3.39. The normalized spacial score (nSPS) is 10.6. The average Bonchev–Trinajstić information content (AvgIpc) is 2.93.